The molecule has 0 bridgehead atoms. The van der Waals surface area contributed by atoms with Crippen LogP contribution in [-0.2, 0) is 12.2 Å². The molecule has 1 aromatic carbocycles. The van der Waals surface area contributed by atoms with Crippen molar-refractivity contribution in [2.75, 3.05) is 5.75 Å². The van der Waals surface area contributed by atoms with Crippen molar-refractivity contribution in [1.82, 2.24) is 14.5 Å². The van der Waals surface area contributed by atoms with Gasteiger partial charge in [-0.2, -0.15) is 0 Å². The number of hydrogen-bond donors (Lipinski definition) is 0. The van der Waals surface area contributed by atoms with E-state index in [4.69, 9.17) is 4.98 Å². The molecule has 4 rings (SSSR count). The van der Waals surface area contributed by atoms with Crippen molar-refractivity contribution >= 4 is 23.5 Å². The summed E-state index contributed by atoms with van der Waals surface area (Å²) in [6.07, 6.45) is 4.49. The van der Waals surface area contributed by atoms with E-state index in [0.29, 0.717) is 0 Å². The molecule has 0 radical (unpaired) electrons. The van der Waals surface area contributed by atoms with Gasteiger partial charge in [-0.3, -0.25) is 14.3 Å². The fraction of sp³-hybridized carbons (Fsp3) is 0.250. The lowest BCUT2D eigenvalue weighted by molar-refractivity contribution is 0.738. The van der Waals surface area contributed by atoms with Gasteiger partial charge < -0.3 is 0 Å². The summed E-state index contributed by atoms with van der Waals surface area (Å²) in [5.74, 6) is 1.66. The van der Waals surface area contributed by atoms with Crippen LogP contribution < -0.4 is 5.56 Å². The van der Waals surface area contributed by atoms with E-state index in [1.807, 2.05) is 18.3 Å². The number of pyridine rings is 1. The molecule has 1 aliphatic heterocycles. The zero-order chi connectivity index (χ0) is 18.1. The molecule has 0 fully saturated rings. The molecule has 2 aromatic heterocycles. The van der Waals surface area contributed by atoms with E-state index in [9.17, 15) is 4.79 Å². The Morgan fingerprint density at radius 1 is 1.23 bits per heavy atom. The average Bonchev–Trinajstić information content (AvgIpc) is 3.09. The minimum absolute atomic E-state index is 0.0520. The lowest BCUT2D eigenvalue weighted by Gasteiger charge is -2.15. The first-order valence-corrected chi connectivity index (χ1v) is 10.5. The Hall–Kier alpha value is -2.05. The van der Waals surface area contributed by atoms with Crippen molar-refractivity contribution < 1.29 is 0 Å². The summed E-state index contributed by atoms with van der Waals surface area (Å²) in [4.78, 5) is 23.0. The molecular formula is C20H19N3OS2. The van der Waals surface area contributed by atoms with Crippen LogP contribution in [-0.4, -0.2) is 20.3 Å². The van der Waals surface area contributed by atoms with Gasteiger partial charge in [0, 0.05) is 30.3 Å². The molecule has 0 saturated carbocycles. The normalized spacial score (nSPS) is 13.0. The molecule has 6 heteroatoms. The highest BCUT2D eigenvalue weighted by atomic mass is 32.2. The highest BCUT2D eigenvalue weighted by Gasteiger charge is 2.22. The largest absolute Gasteiger partial charge is 0.272 e. The predicted molar refractivity (Wildman–Crippen MR) is 108 cm³/mol. The van der Waals surface area contributed by atoms with E-state index in [1.165, 1.54) is 0 Å². The summed E-state index contributed by atoms with van der Waals surface area (Å²) in [5, 5.41) is 0.755. The maximum atomic E-state index is 13.2. The zero-order valence-electron chi connectivity index (χ0n) is 14.7. The number of fused-ring (bicyclic) bond motifs is 1. The fourth-order valence-corrected chi connectivity index (χ4v) is 5.12. The number of nitrogens with zero attached hydrogens (tertiary/aromatic N) is 3. The zero-order valence-corrected chi connectivity index (χ0v) is 16.4. The smallest absolute Gasteiger partial charge is 0.268 e. The van der Waals surface area contributed by atoms with E-state index in [0.717, 1.165) is 56.1 Å². The Labute approximate surface area is 161 Å². The summed E-state index contributed by atoms with van der Waals surface area (Å²) in [6.45, 7) is 4.11. The van der Waals surface area contributed by atoms with E-state index in [-0.39, 0.29) is 5.56 Å². The monoisotopic (exact) mass is 381 g/mol. The molecule has 0 N–H and O–H groups in total. The molecule has 0 aliphatic carbocycles. The first kappa shape index (κ1) is 17.4. The second kappa shape index (κ2) is 7.29. The van der Waals surface area contributed by atoms with Crippen molar-refractivity contribution in [3.63, 3.8) is 0 Å². The number of benzene rings is 1. The van der Waals surface area contributed by atoms with Gasteiger partial charge in [-0.25, -0.2) is 4.98 Å². The van der Waals surface area contributed by atoms with Gasteiger partial charge in [0.1, 0.15) is 0 Å². The quantitative estimate of drug-likeness (QED) is 0.501. The molecule has 1 aliphatic rings. The third kappa shape index (κ3) is 3.44. The van der Waals surface area contributed by atoms with Crippen LogP contribution >= 0.6 is 23.5 Å². The van der Waals surface area contributed by atoms with E-state index >= 15 is 0 Å². The van der Waals surface area contributed by atoms with Crippen LogP contribution in [0.5, 0.6) is 0 Å². The second-order valence-electron chi connectivity index (χ2n) is 6.41. The van der Waals surface area contributed by atoms with Crippen LogP contribution in [0.3, 0.4) is 0 Å². The third-order valence-electron chi connectivity index (χ3n) is 4.22. The van der Waals surface area contributed by atoms with Gasteiger partial charge in [-0.1, -0.05) is 23.9 Å². The van der Waals surface area contributed by atoms with Crippen LogP contribution in [0.25, 0.3) is 5.69 Å². The van der Waals surface area contributed by atoms with Gasteiger partial charge in [-0.15, -0.1) is 11.8 Å². The van der Waals surface area contributed by atoms with Crippen LogP contribution in [0.15, 0.2) is 57.6 Å². The molecule has 3 heterocycles. The number of rotatable bonds is 4. The molecule has 3 aromatic rings. The van der Waals surface area contributed by atoms with Gasteiger partial charge >= 0.3 is 0 Å². The Kier molecular flexibility index (Phi) is 4.87. The van der Waals surface area contributed by atoms with E-state index in [1.54, 1.807) is 34.3 Å². The lowest BCUT2D eigenvalue weighted by atomic mass is 10.1. The Morgan fingerprint density at radius 2 is 2.04 bits per heavy atom. The molecule has 0 atom stereocenters. The molecule has 0 spiro atoms. The van der Waals surface area contributed by atoms with Gasteiger partial charge in [0.15, 0.2) is 5.16 Å². The second-order valence-corrected chi connectivity index (χ2v) is 8.45. The molecule has 0 unspecified atom stereocenters. The third-order valence-corrected chi connectivity index (χ3v) is 6.34. The molecule has 0 saturated heterocycles. The Morgan fingerprint density at radius 3 is 2.77 bits per heavy atom. The molecular weight excluding hydrogens is 362 g/mol. The summed E-state index contributed by atoms with van der Waals surface area (Å²) >= 11 is 3.21. The van der Waals surface area contributed by atoms with E-state index < -0.39 is 0 Å². The lowest BCUT2D eigenvalue weighted by Crippen LogP contribution is -2.24. The highest BCUT2D eigenvalue weighted by molar-refractivity contribution is 7.99. The molecule has 132 valence electrons. The summed E-state index contributed by atoms with van der Waals surface area (Å²) in [7, 11) is 0. The Bertz CT molecular complexity index is 995. The Balaban J connectivity index is 1.81. The van der Waals surface area contributed by atoms with Gasteiger partial charge in [0.25, 0.3) is 5.56 Å². The van der Waals surface area contributed by atoms with Gasteiger partial charge in [0.2, 0.25) is 0 Å². The number of aryl methyl sites for hydroxylation is 3. The predicted octanol–water partition coefficient (Wildman–Crippen LogP) is 4.18. The average molecular weight is 382 g/mol. The summed E-state index contributed by atoms with van der Waals surface area (Å²) in [5.41, 5.74) is 5.29. The van der Waals surface area contributed by atoms with Gasteiger partial charge in [-0.05, 0) is 48.7 Å². The number of thioether (sulfide) groups is 2. The summed E-state index contributed by atoms with van der Waals surface area (Å²) in [6, 6.07) is 10.2. The molecule has 4 nitrogen and oxygen atoms in total. The maximum Gasteiger partial charge on any atom is 0.272 e. The fourth-order valence-electron chi connectivity index (χ4n) is 3.13. The maximum absolute atomic E-state index is 13.2. The first-order valence-electron chi connectivity index (χ1n) is 8.51. The minimum atomic E-state index is 0.0520. The van der Waals surface area contributed by atoms with Crippen LogP contribution in [0.2, 0.25) is 0 Å². The molecule has 26 heavy (non-hydrogen) atoms. The number of hydrogen-bond acceptors (Lipinski definition) is 5. The number of aromatic nitrogens is 3. The van der Waals surface area contributed by atoms with Crippen molar-refractivity contribution in [2.24, 2.45) is 0 Å². The summed E-state index contributed by atoms with van der Waals surface area (Å²) < 4.78 is 1.78. The van der Waals surface area contributed by atoms with Crippen molar-refractivity contribution in [2.45, 2.75) is 36.1 Å². The standard InChI is InChI=1S/C20H19N3OS2/c1-13-8-14(2)10-16(9-13)23-19(24)18-17(5-7-25-18)22-20(23)26-12-15-4-3-6-21-11-15/h3-4,6,8-11H,5,7,12H2,1-2H3. The SMILES string of the molecule is Cc1cc(C)cc(-n2c(SCc3cccnc3)nc3c(c2=O)SCC3)c1. The minimum Gasteiger partial charge on any atom is -0.268 e. The highest BCUT2D eigenvalue weighted by Crippen LogP contribution is 2.31. The van der Waals surface area contributed by atoms with Crippen LogP contribution in [0.4, 0.5) is 0 Å². The topological polar surface area (TPSA) is 47.8 Å². The van der Waals surface area contributed by atoms with Crippen molar-refractivity contribution in [1.29, 1.82) is 0 Å². The molecule has 0 amide bonds. The van der Waals surface area contributed by atoms with E-state index in [2.05, 4.69) is 37.0 Å². The van der Waals surface area contributed by atoms with Crippen molar-refractivity contribution in [3.8, 4) is 5.69 Å². The first-order chi connectivity index (χ1) is 12.6. The van der Waals surface area contributed by atoms with Crippen LogP contribution in [0.1, 0.15) is 22.4 Å². The van der Waals surface area contributed by atoms with Gasteiger partial charge in [0.05, 0.1) is 16.3 Å². The van der Waals surface area contributed by atoms with Crippen LogP contribution in [0, 0.1) is 13.8 Å². The van der Waals surface area contributed by atoms with Crippen molar-refractivity contribution in [3.05, 3.63) is 75.5 Å².